The van der Waals surface area contributed by atoms with E-state index in [2.05, 4.69) is 38.4 Å². The van der Waals surface area contributed by atoms with Gasteiger partial charge in [-0.15, -0.1) is 0 Å². The number of benzene rings is 3. The largest absolute Gasteiger partial charge is 0.493 e. The molecule has 0 unspecified atom stereocenters. The van der Waals surface area contributed by atoms with Crippen molar-refractivity contribution in [2.75, 3.05) is 25.6 Å². The summed E-state index contributed by atoms with van der Waals surface area (Å²) in [6.07, 6.45) is 1.54. The van der Waals surface area contributed by atoms with E-state index < -0.39 is 6.03 Å². The van der Waals surface area contributed by atoms with Crippen molar-refractivity contribution in [2.45, 2.75) is 0 Å². The molecular formula is C23H22IN3O4. The first-order valence-electron chi connectivity index (χ1n) is 9.49. The minimum absolute atomic E-state index is 0.371. The summed E-state index contributed by atoms with van der Waals surface area (Å²) in [6, 6.07) is 21.9. The molecule has 0 aliphatic rings. The van der Waals surface area contributed by atoms with Crippen LogP contribution in [0.4, 0.5) is 10.5 Å². The van der Waals surface area contributed by atoms with Crippen LogP contribution in [-0.4, -0.2) is 32.6 Å². The van der Waals surface area contributed by atoms with Crippen LogP contribution in [0.5, 0.6) is 17.2 Å². The van der Waals surface area contributed by atoms with Gasteiger partial charge in [0, 0.05) is 5.69 Å². The molecule has 3 aromatic carbocycles. The van der Waals surface area contributed by atoms with Crippen molar-refractivity contribution in [2.24, 2.45) is 5.10 Å². The number of nitrogens with one attached hydrogen (secondary N) is 2. The van der Waals surface area contributed by atoms with Crippen LogP contribution in [0.15, 0.2) is 77.9 Å². The Labute approximate surface area is 194 Å². The number of anilines is 1. The van der Waals surface area contributed by atoms with Crippen LogP contribution in [0, 0.1) is 3.57 Å². The first kappa shape index (κ1) is 22.4. The normalized spacial score (nSPS) is 10.5. The van der Waals surface area contributed by atoms with Gasteiger partial charge < -0.3 is 19.5 Å². The van der Waals surface area contributed by atoms with Gasteiger partial charge in [-0.2, -0.15) is 5.10 Å². The molecule has 0 fully saturated rings. The first-order chi connectivity index (χ1) is 15.2. The average Bonchev–Trinajstić information content (AvgIpc) is 2.79. The molecule has 160 valence electrons. The topological polar surface area (TPSA) is 81.2 Å². The van der Waals surface area contributed by atoms with Crippen molar-refractivity contribution in [3.05, 3.63) is 81.9 Å². The lowest BCUT2D eigenvalue weighted by molar-refractivity contribution is 0.210. The van der Waals surface area contributed by atoms with Crippen LogP contribution in [0.2, 0.25) is 0 Å². The van der Waals surface area contributed by atoms with Crippen LogP contribution in [0.25, 0.3) is 0 Å². The van der Waals surface area contributed by atoms with E-state index in [4.69, 9.17) is 14.2 Å². The van der Waals surface area contributed by atoms with Gasteiger partial charge in [0.25, 0.3) is 0 Å². The Bertz CT molecular complexity index is 1010. The molecule has 3 aromatic rings. The van der Waals surface area contributed by atoms with Crippen molar-refractivity contribution in [1.29, 1.82) is 0 Å². The Morgan fingerprint density at radius 1 is 1.00 bits per heavy atom. The second-order valence-electron chi connectivity index (χ2n) is 6.23. The molecular weight excluding hydrogens is 509 g/mol. The zero-order chi connectivity index (χ0) is 21.9. The van der Waals surface area contributed by atoms with Gasteiger partial charge in [-0.25, -0.2) is 10.2 Å². The zero-order valence-corrected chi connectivity index (χ0v) is 19.0. The third-order valence-electron chi connectivity index (χ3n) is 4.00. The zero-order valence-electron chi connectivity index (χ0n) is 16.9. The molecule has 8 heteroatoms. The Morgan fingerprint density at radius 2 is 1.68 bits per heavy atom. The molecule has 7 nitrogen and oxygen atoms in total. The number of hydrogen-bond acceptors (Lipinski definition) is 5. The van der Waals surface area contributed by atoms with Crippen molar-refractivity contribution in [3.8, 4) is 17.2 Å². The number of halogens is 1. The molecule has 3 rings (SSSR count). The maximum atomic E-state index is 11.9. The smallest absolute Gasteiger partial charge is 0.339 e. The summed E-state index contributed by atoms with van der Waals surface area (Å²) >= 11 is 2.17. The van der Waals surface area contributed by atoms with Crippen LogP contribution < -0.4 is 25.0 Å². The van der Waals surface area contributed by atoms with Gasteiger partial charge in [0.05, 0.1) is 16.9 Å². The number of carbonyl (C=O) groups excluding carboxylic acids is 1. The number of para-hydroxylation sites is 2. The Hall–Kier alpha value is -3.27. The standard InChI is InChI=1S/C23H22IN3O4/c1-29-21-15-17(16-25-27-23(28)26-18-8-4-2-5-9-18)14-20(24)22(21)31-13-12-30-19-10-6-3-7-11-19/h2-11,14-16H,12-13H2,1H3,(H2,26,27,28)/b25-16-. The molecule has 0 aromatic heterocycles. The van der Waals surface area contributed by atoms with Gasteiger partial charge in [0.15, 0.2) is 11.5 Å². The fourth-order valence-electron chi connectivity index (χ4n) is 2.62. The van der Waals surface area contributed by atoms with Crippen molar-refractivity contribution >= 4 is 40.5 Å². The predicted octanol–water partition coefficient (Wildman–Crippen LogP) is 4.91. The molecule has 0 saturated carbocycles. The number of nitrogens with zero attached hydrogens (tertiary/aromatic N) is 1. The number of hydrogen-bond donors (Lipinski definition) is 2. The van der Waals surface area contributed by atoms with Crippen molar-refractivity contribution < 1.29 is 19.0 Å². The summed E-state index contributed by atoms with van der Waals surface area (Å²) in [5, 5.41) is 6.68. The van der Waals surface area contributed by atoms with E-state index >= 15 is 0 Å². The molecule has 0 aliphatic heterocycles. The predicted molar refractivity (Wildman–Crippen MR) is 129 cm³/mol. The van der Waals surface area contributed by atoms with E-state index in [0.29, 0.717) is 30.4 Å². The number of hydrazone groups is 1. The molecule has 0 saturated heterocycles. The first-order valence-corrected chi connectivity index (χ1v) is 10.6. The highest BCUT2D eigenvalue weighted by Gasteiger charge is 2.11. The number of ether oxygens (including phenoxy) is 3. The second kappa shape index (κ2) is 11.8. The molecule has 31 heavy (non-hydrogen) atoms. The van der Waals surface area contributed by atoms with Crippen LogP contribution in [0.1, 0.15) is 5.56 Å². The van der Waals surface area contributed by atoms with Gasteiger partial charge in [-0.05, 0) is 64.6 Å². The fourth-order valence-corrected chi connectivity index (χ4v) is 3.40. The Balaban J connectivity index is 1.54. The number of rotatable bonds is 9. The summed E-state index contributed by atoms with van der Waals surface area (Å²) in [5.41, 5.74) is 3.88. The molecule has 0 atom stereocenters. The van der Waals surface area contributed by atoms with Gasteiger partial charge in [-0.1, -0.05) is 36.4 Å². The molecule has 2 amide bonds. The minimum atomic E-state index is -0.428. The molecule has 0 heterocycles. The second-order valence-corrected chi connectivity index (χ2v) is 7.40. The summed E-state index contributed by atoms with van der Waals surface area (Å²) in [5.74, 6) is 2.00. The maximum absolute atomic E-state index is 11.9. The van der Waals surface area contributed by atoms with Crippen molar-refractivity contribution in [1.82, 2.24) is 5.43 Å². The van der Waals surface area contributed by atoms with E-state index in [-0.39, 0.29) is 0 Å². The summed E-state index contributed by atoms with van der Waals surface area (Å²) in [6.45, 7) is 0.781. The lowest BCUT2D eigenvalue weighted by atomic mass is 10.2. The van der Waals surface area contributed by atoms with Crippen molar-refractivity contribution in [3.63, 3.8) is 0 Å². The van der Waals surface area contributed by atoms with Gasteiger partial charge in [0.1, 0.15) is 19.0 Å². The van der Waals surface area contributed by atoms with Crippen LogP contribution >= 0.6 is 22.6 Å². The lowest BCUT2D eigenvalue weighted by Crippen LogP contribution is -2.24. The third-order valence-corrected chi connectivity index (χ3v) is 4.81. The Kier molecular flexibility index (Phi) is 8.53. The number of carbonyl (C=O) groups is 1. The highest BCUT2D eigenvalue weighted by atomic mass is 127. The molecule has 0 bridgehead atoms. The Morgan fingerprint density at radius 3 is 2.39 bits per heavy atom. The molecule has 0 radical (unpaired) electrons. The number of urea groups is 1. The van der Waals surface area contributed by atoms with E-state index in [1.165, 1.54) is 6.21 Å². The maximum Gasteiger partial charge on any atom is 0.339 e. The van der Waals surface area contributed by atoms with Gasteiger partial charge in [-0.3, -0.25) is 0 Å². The molecule has 0 spiro atoms. The van der Waals surface area contributed by atoms with Crippen LogP contribution in [-0.2, 0) is 0 Å². The molecule has 0 aliphatic carbocycles. The van der Waals surface area contributed by atoms with E-state index in [9.17, 15) is 4.79 Å². The average molecular weight is 531 g/mol. The third kappa shape index (κ3) is 7.18. The summed E-state index contributed by atoms with van der Waals surface area (Å²) in [4.78, 5) is 11.9. The minimum Gasteiger partial charge on any atom is -0.493 e. The number of amides is 2. The summed E-state index contributed by atoms with van der Waals surface area (Å²) < 4.78 is 17.8. The van der Waals surface area contributed by atoms with Gasteiger partial charge >= 0.3 is 6.03 Å². The van der Waals surface area contributed by atoms with E-state index in [0.717, 1.165) is 14.9 Å². The monoisotopic (exact) mass is 531 g/mol. The quantitative estimate of drug-likeness (QED) is 0.178. The highest BCUT2D eigenvalue weighted by molar-refractivity contribution is 14.1. The molecule has 2 N–H and O–H groups in total. The SMILES string of the molecule is COc1cc(/C=N\NC(=O)Nc2ccccc2)cc(I)c1OCCOc1ccccc1. The lowest BCUT2D eigenvalue weighted by Gasteiger charge is -2.14. The number of methoxy groups -OCH3 is 1. The van der Waals surface area contributed by atoms with E-state index in [1.54, 1.807) is 25.3 Å². The summed E-state index contributed by atoms with van der Waals surface area (Å²) in [7, 11) is 1.57. The van der Waals surface area contributed by atoms with E-state index in [1.807, 2.05) is 54.6 Å². The highest BCUT2D eigenvalue weighted by Crippen LogP contribution is 2.33. The van der Waals surface area contributed by atoms with Gasteiger partial charge in [0.2, 0.25) is 0 Å². The van der Waals surface area contributed by atoms with Crippen LogP contribution in [0.3, 0.4) is 0 Å². The fraction of sp³-hybridized carbons (Fsp3) is 0.130.